The summed E-state index contributed by atoms with van der Waals surface area (Å²) in [5, 5.41) is 2.87. The Bertz CT molecular complexity index is 273. The maximum atomic E-state index is 11.6. The Morgan fingerprint density at radius 3 is 2.47 bits per heavy atom. The molecule has 4 nitrogen and oxygen atoms in total. The van der Waals surface area contributed by atoms with Crippen molar-refractivity contribution in [3.8, 4) is 0 Å². The first-order chi connectivity index (χ1) is 9.07. The number of nitrogens with two attached hydrogens (primary N) is 1. The summed E-state index contributed by atoms with van der Waals surface area (Å²) < 4.78 is 0. The van der Waals surface area contributed by atoms with Gasteiger partial charge in [0, 0.05) is 31.6 Å². The van der Waals surface area contributed by atoms with E-state index >= 15 is 0 Å². The van der Waals surface area contributed by atoms with Crippen LogP contribution in [-0.2, 0) is 4.79 Å². The minimum atomic E-state index is 0.133. The molecule has 0 aliphatic heterocycles. The maximum absolute atomic E-state index is 11.6. The first-order valence-electron chi connectivity index (χ1n) is 7.79. The van der Waals surface area contributed by atoms with Gasteiger partial charge in [-0.2, -0.15) is 0 Å². The zero-order valence-electron chi connectivity index (χ0n) is 12.9. The topological polar surface area (TPSA) is 58.4 Å². The van der Waals surface area contributed by atoms with E-state index in [2.05, 4.69) is 24.1 Å². The Kier molecular flexibility index (Phi) is 6.80. The van der Waals surface area contributed by atoms with Crippen molar-refractivity contribution < 1.29 is 4.79 Å². The van der Waals surface area contributed by atoms with Crippen LogP contribution in [0.15, 0.2) is 0 Å². The van der Waals surface area contributed by atoms with Crippen LogP contribution in [0, 0.1) is 5.92 Å². The fourth-order valence-corrected chi connectivity index (χ4v) is 3.20. The zero-order chi connectivity index (χ0) is 14.3. The minimum absolute atomic E-state index is 0.133. The van der Waals surface area contributed by atoms with E-state index in [0.29, 0.717) is 19.5 Å². The predicted octanol–water partition coefficient (Wildman–Crippen LogP) is 1.74. The number of rotatable bonds is 7. The van der Waals surface area contributed by atoms with Gasteiger partial charge in [-0.25, -0.2) is 0 Å². The van der Waals surface area contributed by atoms with Crippen LogP contribution in [0.25, 0.3) is 0 Å². The van der Waals surface area contributed by atoms with Crippen molar-refractivity contribution in [1.82, 2.24) is 10.2 Å². The molecule has 0 spiro atoms. The lowest BCUT2D eigenvalue weighted by atomic mass is 9.76. The Hall–Kier alpha value is -0.610. The van der Waals surface area contributed by atoms with Gasteiger partial charge in [-0.15, -0.1) is 0 Å². The Labute approximate surface area is 118 Å². The van der Waals surface area contributed by atoms with Crippen LogP contribution in [0.5, 0.6) is 0 Å². The highest BCUT2D eigenvalue weighted by molar-refractivity contribution is 5.75. The van der Waals surface area contributed by atoms with Gasteiger partial charge < -0.3 is 11.1 Å². The molecule has 0 heterocycles. The van der Waals surface area contributed by atoms with E-state index in [4.69, 9.17) is 5.73 Å². The summed E-state index contributed by atoms with van der Waals surface area (Å²) in [5.74, 6) is 0.971. The molecule has 0 saturated heterocycles. The fourth-order valence-electron chi connectivity index (χ4n) is 3.20. The van der Waals surface area contributed by atoms with Crippen molar-refractivity contribution in [2.24, 2.45) is 11.7 Å². The van der Waals surface area contributed by atoms with Gasteiger partial charge in [0.2, 0.25) is 5.91 Å². The number of carbonyl (C=O) groups excluding carboxylic acids is 1. The SMILES string of the molecule is CCNC(=O)CCN(CC)C1(CN)CCC(C)CC1. The monoisotopic (exact) mass is 269 g/mol. The molecule has 0 atom stereocenters. The molecule has 0 bridgehead atoms. The first-order valence-corrected chi connectivity index (χ1v) is 7.79. The van der Waals surface area contributed by atoms with Gasteiger partial charge in [0.05, 0.1) is 0 Å². The zero-order valence-corrected chi connectivity index (χ0v) is 12.9. The van der Waals surface area contributed by atoms with E-state index in [0.717, 1.165) is 19.0 Å². The summed E-state index contributed by atoms with van der Waals surface area (Å²) in [6.45, 7) is 9.68. The molecule has 112 valence electrons. The van der Waals surface area contributed by atoms with Crippen LogP contribution in [0.4, 0.5) is 0 Å². The van der Waals surface area contributed by atoms with Gasteiger partial charge in [0.1, 0.15) is 0 Å². The quantitative estimate of drug-likeness (QED) is 0.740. The van der Waals surface area contributed by atoms with Gasteiger partial charge in [-0.05, 0) is 45.1 Å². The minimum Gasteiger partial charge on any atom is -0.356 e. The lowest BCUT2D eigenvalue weighted by Crippen LogP contribution is -2.56. The van der Waals surface area contributed by atoms with E-state index in [1.54, 1.807) is 0 Å². The Morgan fingerprint density at radius 2 is 2.00 bits per heavy atom. The third-order valence-electron chi connectivity index (χ3n) is 4.62. The third kappa shape index (κ3) is 4.46. The number of hydrogen-bond donors (Lipinski definition) is 2. The molecule has 0 aromatic carbocycles. The van der Waals surface area contributed by atoms with Crippen molar-refractivity contribution >= 4 is 5.91 Å². The fraction of sp³-hybridized carbons (Fsp3) is 0.933. The molecule has 1 aliphatic carbocycles. The van der Waals surface area contributed by atoms with E-state index in [9.17, 15) is 4.79 Å². The van der Waals surface area contributed by atoms with Crippen molar-refractivity contribution in [2.75, 3.05) is 26.2 Å². The van der Waals surface area contributed by atoms with E-state index in [1.807, 2.05) is 6.92 Å². The third-order valence-corrected chi connectivity index (χ3v) is 4.62. The van der Waals surface area contributed by atoms with Crippen molar-refractivity contribution in [3.05, 3.63) is 0 Å². The van der Waals surface area contributed by atoms with Crippen LogP contribution in [0.3, 0.4) is 0 Å². The van der Waals surface area contributed by atoms with Crippen molar-refractivity contribution in [2.45, 2.75) is 58.4 Å². The predicted molar refractivity (Wildman–Crippen MR) is 80.0 cm³/mol. The van der Waals surface area contributed by atoms with Crippen LogP contribution in [0.2, 0.25) is 0 Å². The lowest BCUT2D eigenvalue weighted by molar-refractivity contribution is -0.121. The summed E-state index contributed by atoms with van der Waals surface area (Å²) in [6.07, 6.45) is 5.45. The number of hydrogen-bond acceptors (Lipinski definition) is 3. The molecule has 1 saturated carbocycles. The molecule has 3 N–H and O–H groups in total. The highest BCUT2D eigenvalue weighted by Crippen LogP contribution is 2.35. The molecule has 19 heavy (non-hydrogen) atoms. The van der Waals surface area contributed by atoms with E-state index < -0.39 is 0 Å². The van der Waals surface area contributed by atoms with Crippen molar-refractivity contribution in [1.29, 1.82) is 0 Å². The Morgan fingerprint density at radius 1 is 1.37 bits per heavy atom. The van der Waals surface area contributed by atoms with Crippen LogP contribution < -0.4 is 11.1 Å². The van der Waals surface area contributed by atoms with E-state index in [-0.39, 0.29) is 11.4 Å². The largest absolute Gasteiger partial charge is 0.356 e. The second kappa shape index (κ2) is 7.85. The lowest BCUT2D eigenvalue weighted by Gasteiger charge is -2.47. The summed E-state index contributed by atoms with van der Waals surface area (Å²) in [6, 6.07) is 0. The standard InChI is InChI=1S/C15H31N3O/c1-4-17-14(19)8-11-18(5-2)15(12-16)9-6-13(3)7-10-15/h13H,4-12,16H2,1-3H3,(H,17,19). The second-order valence-corrected chi connectivity index (χ2v) is 5.89. The first kappa shape index (κ1) is 16.4. The summed E-state index contributed by atoms with van der Waals surface area (Å²) >= 11 is 0. The summed E-state index contributed by atoms with van der Waals surface area (Å²) in [5.41, 5.74) is 6.22. The van der Waals surface area contributed by atoms with E-state index in [1.165, 1.54) is 25.7 Å². The van der Waals surface area contributed by atoms with Crippen LogP contribution in [-0.4, -0.2) is 42.5 Å². The average Bonchev–Trinajstić information content (AvgIpc) is 2.42. The highest BCUT2D eigenvalue weighted by atomic mass is 16.1. The Balaban J connectivity index is 2.57. The molecule has 0 aromatic rings. The molecule has 1 rings (SSSR count). The number of nitrogens with zero attached hydrogens (tertiary/aromatic N) is 1. The molecule has 1 fully saturated rings. The molecular weight excluding hydrogens is 238 g/mol. The van der Waals surface area contributed by atoms with Gasteiger partial charge >= 0.3 is 0 Å². The van der Waals surface area contributed by atoms with Gasteiger partial charge in [-0.1, -0.05) is 13.8 Å². The molecule has 4 heteroatoms. The molecular formula is C15H31N3O. The van der Waals surface area contributed by atoms with Crippen LogP contribution in [0.1, 0.15) is 52.9 Å². The normalized spacial score (nSPS) is 27.5. The van der Waals surface area contributed by atoms with Gasteiger partial charge in [0.25, 0.3) is 0 Å². The average molecular weight is 269 g/mol. The van der Waals surface area contributed by atoms with Gasteiger partial charge in [-0.3, -0.25) is 9.69 Å². The van der Waals surface area contributed by atoms with Gasteiger partial charge in [0.15, 0.2) is 0 Å². The number of nitrogens with one attached hydrogen (secondary N) is 1. The number of likely N-dealkylation sites (N-methyl/N-ethyl adjacent to an activating group) is 1. The molecule has 0 radical (unpaired) electrons. The van der Waals surface area contributed by atoms with Crippen molar-refractivity contribution in [3.63, 3.8) is 0 Å². The second-order valence-electron chi connectivity index (χ2n) is 5.89. The molecule has 0 unspecified atom stereocenters. The maximum Gasteiger partial charge on any atom is 0.221 e. The number of amides is 1. The summed E-state index contributed by atoms with van der Waals surface area (Å²) in [4.78, 5) is 14.1. The molecule has 0 aromatic heterocycles. The smallest absolute Gasteiger partial charge is 0.221 e. The summed E-state index contributed by atoms with van der Waals surface area (Å²) in [7, 11) is 0. The molecule has 1 amide bonds. The number of carbonyl (C=O) groups is 1. The highest BCUT2D eigenvalue weighted by Gasteiger charge is 2.37. The van der Waals surface area contributed by atoms with Crippen LogP contribution >= 0.6 is 0 Å². The molecule has 1 aliphatic rings.